The molecule has 0 radical (unpaired) electrons. The monoisotopic (exact) mass is 348 g/mol. The van der Waals surface area contributed by atoms with E-state index in [0.29, 0.717) is 24.2 Å². The Bertz CT molecular complexity index is 621. The van der Waals surface area contributed by atoms with Crippen molar-refractivity contribution in [2.24, 2.45) is 5.92 Å². The van der Waals surface area contributed by atoms with E-state index in [1.165, 1.54) is 0 Å². The van der Waals surface area contributed by atoms with Gasteiger partial charge in [0.1, 0.15) is 0 Å². The summed E-state index contributed by atoms with van der Waals surface area (Å²) in [6, 6.07) is 6.43. The van der Waals surface area contributed by atoms with Crippen LogP contribution in [0.2, 0.25) is 0 Å². The molecule has 6 heteroatoms. The predicted octanol–water partition coefficient (Wildman–Crippen LogP) is 2.79. The molecule has 0 aliphatic carbocycles. The number of aliphatic carboxylic acids is 1. The summed E-state index contributed by atoms with van der Waals surface area (Å²) in [5.41, 5.74) is 0.0734. The van der Waals surface area contributed by atoms with Gasteiger partial charge >= 0.3 is 5.97 Å². The molecule has 1 aromatic rings. The van der Waals surface area contributed by atoms with Gasteiger partial charge in [0.15, 0.2) is 0 Å². The highest BCUT2D eigenvalue weighted by atomic mass is 16.4. The minimum absolute atomic E-state index is 0.0453. The Kier molecular flexibility index (Phi) is 7.15. The minimum atomic E-state index is -0.961. The van der Waals surface area contributed by atoms with Gasteiger partial charge < -0.3 is 15.3 Å². The smallest absolute Gasteiger partial charge is 0.305 e. The molecule has 25 heavy (non-hydrogen) atoms. The van der Waals surface area contributed by atoms with Crippen LogP contribution in [0.1, 0.15) is 61.8 Å². The molecule has 0 saturated carbocycles. The SMILES string of the molecule is CCN(CC)C(=O)c1ccc(C(=O)NC(C)(CC(=O)O)C(C)C)cc1. The molecule has 0 fully saturated rings. The lowest BCUT2D eigenvalue weighted by molar-refractivity contribution is -0.138. The summed E-state index contributed by atoms with van der Waals surface area (Å²) < 4.78 is 0. The molecular formula is C19H28N2O4. The normalized spacial score (nSPS) is 13.2. The highest BCUT2D eigenvalue weighted by Gasteiger charge is 2.33. The third-order valence-electron chi connectivity index (χ3n) is 4.64. The molecule has 1 rings (SSSR count). The molecule has 2 amide bonds. The summed E-state index contributed by atoms with van der Waals surface area (Å²) in [6.07, 6.45) is -0.158. The average Bonchev–Trinajstić information content (AvgIpc) is 2.55. The van der Waals surface area contributed by atoms with E-state index in [-0.39, 0.29) is 24.2 Å². The van der Waals surface area contributed by atoms with Gasteiger partial charge in [-0.05, 0) is 51.0 Å². The molecule has 0 spiro atoms. The summed E-state index contributed by atoms with van der Waals surface area (Å²) in [5, 5.41) is 11.9. The van der Waals surface area contributed by atoms with Gasteiger partial charge in [0, 0.05) is 24.2 Å². The van der Waals surface area contributed by atoms with Crippen LogP contribution in [-0.4, -0.2) is 46.4 Å². The fourth-order valence-corrected chi connectivity index (χ4v) is 2.50. The van der Waals surface area contributed by atoms with Crippen molar-refractivity contribution < 1.29 is 19.5 Å². The predicted molar refractivity (Wildman–Crippen MR) is 96.7 cm³/mol. The zero-order chi connectivity index (χ0) is 19.2. The van der Waals surface area contributed by atoms with Crippen LogP contribution in [0.3, 0.4) is 0 Å². The van der Waals surface area contributed by atoms with Crippen LogP contribution in [0.15, 0.2) is 24.3 Å². The van der Waals surface area contributed by atoms with Gasteiger partial charge in [0.05, 0.1) is 12.0 Å². The molecule has 0 saturated heterocycles. The summed E-state index contributed by atoms with van der Waals surface area (Å²) >= 11 is 0. The number of hydrogen-bond donors (Lipinski definition) is 2. The highest BCUT2D eigenvalue weighted by Crippen LogP contribution is 2.21. The Morgan fingerprint density at radius 2 is 1.56 bits per heavy atom. The van der Waals surface area contributed by atoms with Crippen LogP contribution in [-0.2, 0) is 4.79 Å². The van der Waals surface area contributed by atoms with E-state index < -0.39 is 11.5 Å². The van der Waals surface area contributed by atoms with Crippen LogP contribution in [0.4, 0.5) is 0 Å². The first-order valence-corrected chi connectivity index (χ1v) is 8.58. The lowest BCUT2D eigenvalue weighted by Gasteiger charge is -2.33. The number of carboxylic acids is 1. The number of nitrogens with zero attached hydrogens (tertiary/aromatic N) is 1. The maximum Gasteiger partial charge on any atom is 0.305 e. The molecule has 0 aliphatic rings. The number of carbonyl (C=O) groups excluding carboxylic acids is 2. The molecule has 1 aromatic carbocycles. The summed E-state index contributed by atoms with van der Waals surface area (Å²) in [7, 11) is 0. The standard InChI is InChI=1S/C19H28N2O4/c1-6-21(7-2)18(25)15-10-8-14(9-11-15)17(24)20-19(5,13(3)4)12-16(22)23/h8-11,13H,6-7,12H2,1-5H3,(H,20,24)(H,22,23). The number of benzene rings is 1. The number of carboxylic acid groups (broad SMARTS) is 1. The van der Waals surface area contributed by atoms with Gasteiger partial charge in [-0.1, -0.05) is 13.8 Å². The Morgan fingerprint density at radius 1 is 1.08 bits per heavy atom. The second kappa shape index (κ2) is 8.65. The third kappa shape index (κ3) is 5.31. The largest absolute Gasteiger partial charge is 0.481 e. The van der Waals surface area contributed by atoms with Crippen LogP contribution >= 0.6 is 0 Å². The molecule has 1 atom stereocenters. The molecule has 0 aliphatic heterocycles. The number of rotatable bonds is 8. The summed E-state index contributed by atoms with van der Waals surface area (Å²) in [4.78, 5) is 37.6. The number of carbonyl (C=O) groups is 3. The van der Waals surface area contributed by atoms with Gasteiger partial charge in [-0.3, -0.25) is 14.4 Å². The first-order chi connectivity index (χ1) is 11.6. The molecule has 0 aromatic heterocycles. The Labute approximate surface area is 149 Å². The van der Waals surface area contributed by atoms with Crippen molar-refractivity contribution in [3.63, 3.8) is 0 Å². The van der Waals surface area contributed by atoms with Crippen LogP contribution in [0, 0.1) is 5.92 Å². The van der Waals surface area contributed by atoms with Crippen molar-refractivity contribution in [2.75, 3.05) is 13.1 Å². The maximum atomic E-state index is 12.5. The lowest BCUT2D eigenvalue weighted by Crippen LogP contribution is -2.51. The Hall–Kier alpha value is -2.37. The molecule has 138 valence electrons. The summed E-state index contributed by atoms with van der Waals surface area (Å²) in [6.45, 7) is 10.5. The van der Waals surface area contributed by atoms with Crippen molar-refractivity contribution in [3.8, 4) is 0 Å². The first kappa shape index (κ1) is 20.7. The van der Waals surface area contributed by atoms with E-state index in [9.17, 15) is 14.4 Å². The molecule has 2 N–H and O–H groups in total. The Morgan fingerprint density at radius 3 is 1.96 bits per heavy atom. The van der Waals surface area contributed by atoms with E-state index in [1.54, 1.807) is 36.1 Å². The van der Waals surface area contributed by atoms with Crippen LogP contribution < -0.4 is 5.32 Å². The minimum Gasteiger partial charge on any atom is -0.481 e. The molecule has 0 bridgehead atoms. The maximum absolute atomic E-state index is 12.5. The van der Waals surface area contributed by atoms with Gasteiger partial charge in [-0.25, -0.2) is 0 Å². The Balaban J connectivity index is 2.93. The summed E-state index contributed by atoms with van der Waals surface area (Å²) in [5.74, 6) is -1.43. The highest BCUT2D eigenvalue weighted by molar-refractivity contribution is 5.98. The number of amides is 2. The first-order valence-electron chi connectivity index (χ1n) is 8.58. The van der Waals surface area contributed by atoms with Crippen molar-refractivity contribution in [2.45, 2.75) is 46.6 Å². The van der Waals surface area contributed by atoms with Gasteiger partial charge in [0.25, 0.3) is 11.8 Å². The molecule has 0 heterocycles. The van der Waals surface area contributed by atoms with Crippen molar-refractivity contribution in [1.29, 1.82) is 0 Å². The van der Waals surface area contributed by atoms with E-state index in [1.807, 2.05) is 27.7 Å². The molecular weight excluding hydrogens is 320 g/mol. The van der Waals surface area contributed by atoms with E-state index in [2.05, 4.69) is 5.32 Å². The van der Waals surface area contributed by atoms with Crippen molar-refractivity contribution >= 4 is 17.8 Å². The zero-order valence-corrected chi connectivity index (χ0v) is 15.6. The lowest BCUT2D eigenvalue weighted by atomic mass is 9.85. The third-order valence-corrected chi connectivity index (χ3v) is 4.64. The van der Waals surface area contributed by atoms with Gasteiger partial charge in [-0.15, -0.1) is 0 Å². The van der Waals surface area contributed by atoms with Crippen molar-refractivity contribution in [3.05, 3.63) is 35.4 Å². The quantitative estimate of drug-likeness (QED) is 0.756. The van der Waals surface area contributed by atoms with Gasteiger partial charge in [-0.2, -0.15) is 0 Å². The average molecular weight is 348 g/mol. The van der Waals surface area contributed by atoms with E-state index in [4.69, 9.17) is 5.11 Å². The number of hydrogen-bond acceptors (Lipinski definition) is 3. The van der Waals surface area contributed by atoms with E-state index in [0.717, 1.165) is 0 Å². The number of nitrogens with one attached hydrogen (secondary N) is 1. The van der Waals surface area contributed by atoms with Gasteiger partial charge in [0.2, 0.25) is 0 Å². The van der Waals surface area contributed by atoms with Crippen molar-refractivity contribution in [1.82, 2.24) is 10.2 Å². The van der Waals surface area contributed by atoms with Crippen LogP contribution in [0.25, 0.3) is 0 Å². The fourth-order valence-electron chi connectivity index (χ4n) is 2.50. The zero-order valence-electron chi connectivity index (χ0n) is 15.6. The molecule has 1 unspecified atom stereocenters. The fraction of sp³-hybridized carbons (Fsp3) is 0.526. The second-order valence-electron chi connectivity index (χ2n) is 6.65. The van der Waals surface area contributed by atoms with E-state index >= 15 is 0 Å². The topological polar surface area (TPSA) is 86.7 Å². The second-order valence-corrected chi connectivity index (χ2v) is 6.65. The van der Waals surface area contributed by atoms with Crippen LogP contribution in [0.5, 0.6) is 0 Å². The molecule has 6 nitrogen and oxygen atoms in total.